The van der Waals surface area contributed by atoms with Gasteiger partial charge >= 0.3 is 0 Å². The molecule has 0 aliphatic heterocycles. The molecule has 2 atom stereocenters. The molecule has 0 aromatic carbocycles. The van der Waals surface area contributed by atoms with E-state index in [1.807, 2.05) is 6.92 Å². The molecule has 3 N–H and O–H groups in total. The third kappa shape index (κ3) is 4.66. The number of aliphatic hydroxyl groups is 3. The summed E-state index contributed by atoms with van der Waals surface area (Å²) in [6, 6.07) is 0. The van der Waals surface area contributed by atoms with Gasteiger partial charge in [-0.05, 0) is 6.42 Å². The smallest absolute Gasteiger partial charge is 0.0823 e. The van der Waals surface area contributed by atoms with Gasteiger partial charge in [0.25, 0.3) is 0 Å². The number of hydrogen-bond acceptors (Lipinski definition) is 4. The van der Waals surface area contributed by atoms with Crippen LogP contribution in [0.3, 0.4) is 0 Å². The van der Waals surface area contributed by atoms with Crippen molar-refractivity contribution in [3.63, 3.8) is 0 Å². The lowest BCUT2D eigenvalue weighted by Gasteiger charge is -2.18. The van der Waals surface area contributed by atoms with Crippen LogP contribution in [-0.4, -0.2) is 47.9 Å². The van der Waals surface area contributed by atoms with E-state index in [0.717, 1.165) is 6.42 Å². The van der Waals surface area contributed by atoms with E-state index in [2.05, 4.69) is 0 Å². The first-order chi connectivity index (χ1) is 5.76. The molecule has 0 aromatic heterocycles. The second kappa shape index (κ2) is 7.49. The maximum atomic E-state index is 9.37. The van der Waals surface area contributed by atoms with Crippen molar-refractivity contribution in [2.24, 2.45) is 5.92 Å². The lowest BCUT2D eigenvalue weighted by Crippen LogP contribution is -2.28. The lowest BCUT2D eigenvalue weighted by molar-refractivity contribution is -0.0194. The molecule has 4 nitrogen and oxygen atoms in total. The van der Waals surface area contributed by atoms with Gasteiger partial charge in [-0.1, -0.05) is 6.92 Å². The number of ether oxygens (including phenoxy) is 1. The molecule has 0 fully saturated rings. The summed E-state index contributed by atoms with van der Waals surface area (Å²) in [5.41, 5.74) is 0. The fraction of sp³-hybridized carbons (Fsp3) is 1.00. The largest absolute Gasteiger partial charge is 0.396 e. The van der Waals surface area contributed by atoms with Crippen LogP contribution in [-0.2, 0) is 4.74 Å². The first kappa shape index (κ1) is 11.8. The Morgan fingerprint density at radius 1 is 1.33 bits per heavy atom. The summed E-state index contributed by atoms with van der Waals surface area (Å²) >= 11 is 0. The molecule has 0 spiro atoms. The maximum absolute atomic E-state index is 9.37. The van der Waals surface area contributed by atoms with Gasteiger partial charge < -0.3 is 20.1 Å². The van der Waals surface area contributed by atoms with Crippen LogP contribution in [0.5, 0.6) is 0 Å². The summed E-state index contributed by atoms with van der Waals surface area (Å²) in [5.74, 6) is -0.122. The van der Waals surface area contributed by atoms with Crippen LogP contribution in [0.15, 0.2) is 0 Å². The fourth-order valence-electron chi connectivity index (χ4n) is 0.928. The average Bonchev–Trinajstić information content (AvgIpc) is 2.07. The molecule has 0 rings (SSSR count). The molecule has 4 heteroatoms. The molecular weight excluding hydrogens is 160 g/mol. The normalized spacial score (nSPS) is 16.0. The highest BCUT2D eigenvalue weighted by Gasteiger charge is 2.15. The van der Waals surface area contributed by atoms with Crippen LogP contribution >= 0.6 is 0 Å². The van der Waals surface area contributed by atoms with Gasteiger partial charge in [0.2, 0.25) is 0 Å². The molecule has 0 aromatic rings. The average molecular weight is 178 g/mol. The Balaban J connectivity index is 3.47. The molecule has 0 radical (unpaired) electrons. The van der Waals surface area contributed by atoms with E-state index >= 15 is 0 Å². The van der Waals surface area contributed by atoms with Crippen molar-refractivity contribution in [1.29, 1.82) is 0 Å². The van der Waals surface area contributed by atoms with E-state index in [0.29, 0.717) is 0 Å². The van der Waals surface area contributed by atoms with E-state index in [9.17, 15) is 5.11 Å². The van der Waals surface area contributed by atoms with Crippen molar-refractivity contribution in [3.8, 4) is 0 Å². The molecule has 0 heterocycles. The minimum absolute atomic E-state index is 0.0276. The van der Waals surface area contributed by atoms with Gasteiger partial charge in [0, 0.05) is 12.5 Å². The van der Waals surface area contributed by atoms with E-state index in [1.54, 1.807) is 0 Å². The Kier molecular flexibility index (Phi) is 7.39. The highest BCUT2D eigenvalue weighted by atomic mass is 16.5. The first-order valence-corrected chi connectivity index (χ1v) is 4.23. The summed E-state index contributed by atoms with van der Waals surface area (Å²) in [7, 11) is 0. The van der Waals surface area contributed by atoms with Gasteiger partial charge in [-0.15, -0.1) is 0 Å². The SMILES string of the molecule is CCC(CO)C(O)COCCO. The Morgan fingerprint density at radius 3 is 2.42 bits per heavy atom. The number of rotatable bonds is 7. The highest BCUT2D eigenvalue weighted by Crippen LogP contribution is 2.07. The molecule has 0 saturated carbocycles. The Hall–Kier alpha value is -0.160. The summed E-state index contributed by atoms with van der Waals surface area (Å²) in [5, 5.41) is 26.5. The standard InChI is InChI=1S/C8H18O4/c1-2-7(5-10)8(11)6-12-4-3-9/h7-11H,2-6H2,1H3. The second-order valence-electron chi connectivity index (χ2n) is 2.72. The first-order valence-electron chi connectivity index (χ1n) is 4.23. The van der Waals surface area contributed by atoms with Crippen molar-refractivity contribution in [2.75, 3.05) is 26.4 Å². The zero-order valence-electron chi connectivity index (χ0n) is 7.44. The van der Waals surface area contributed by atoms with Crippen molar-refractivity contribution < 1.29 is 20.1 Å². The van der Waals surface area contributed by atoms with Crippen molar-refractivity contribution in [3.05, 3.63) is 0 Å². The fourth-order valence-corrected chi connectivity index (χ4v) is 0.928. The van der Waals surface area contributed by atoms with E-state index in [-0.39, 0.29) is 32.3 Å². The molecule has 0 amide bonds. The molecule has 12 heavy (non-hydrogen) atoms. The van der Waals surface area contributed by atoms with Crippen LogP contribution in [0.25, 0.3) is 0 Å². The summed E-state index contributed by atoms with van der Waals surface area (Å²) in [6.45, 7) is 2.25. The zero-order valence-corrected chi connectivity index (χ0v) is 7.44. The predicted octanol–water partition coefficient (Wildman–Crippen LogP) is -0.625. The van der Waals surface area contributed by atoms with Crippen molar-refractivity contribution in [2.45, 2.75) is 19.4 Å². The quantitative estimate of drug-likeness (QED) is 0.454. The van der Waals surface area contributed by atoms with Gasteiger partial charge in [0.1, 0.15) is 0 Å². The molecule has 0 aliphatic rings. The van der Waals surface area contributed by atoms with Crippen LogP contribution in [0, 0.1) is 5.92 Å². The van der Waals surface area contributed by atoms with Crippen LogP contribution in [0.2, 0.25) is 0 Å². The molecule has 0 aliphatic carbocycles. The zero-order chi connectivity index (χ0) is 9.40. The van der Waals surface area contributed by atoms with Crippen LogP contribution in [0.4, 0.5) is 0 Å². The van der Waals surface area contributed by atoms with E-state index in [1.165, 1.54) is 0 Å². The van der Waals surface area contributed by atoms with Gasteiger partial charge in [-0.3, -0.25) is 0 Å². The summed E-state index contributed by atoms with van der Waals surface area (Å²) in [4.78, 5) is 0. The highest BCUT2D eigenvalue weighted by molar-refractivity contribution is 4.65. The van der Waals surface area contributed by atoms with Gasteiger partial charge in [0.05, 0.1) is 25.9 Å². The van der Waals surface area contributed by atoms with Gasteiger partial charge in [-0.25, -0.2) is 0 Å². The van der Waals surface area contributed by atoms with E-state index in [4.69, 9.17) is 14.9 Å². The van der Waals surface area contributed by atoms with Gasteiger partial charge in [-0.2, -0.15) is 0 Å². The molecule has 2 unspecified atom stereocenters. The maximum Gasteiger partial charge on any atom is 0.0823 e. The minimum Gasteiger partial charge on any atom is -0.396 e. The molecule has 0 saturated heterocycles. The third-order valence-electron chi connectivity index (χ3n) is 1.83. The molecular formula is C8H18O4. The van der Waals surface area contributed by atoms with Crippen LogP contribution < -0.4 is 0 Å². The molecule has 0 bridgehead atoms. The number of aliphatic hydroxyl groups excluding tert-OH is 3. The van der Waals surface area contributed by atoms with Crippen molar-refractivity contribution >= 4 is 0 Å². The summed E-state index contributed by atoms with van der Waals surface area (Å²) < 4.78 is 4.92. The lowest BCUT2D eigenvalue weighted by atomic mass is 10.0. The third-order valence-corrected chi connectivity index (χ3v) is 1.83. The molecule has 74 valence electrons. The Morgan fingerprint density at radius 2 is 2.00 bits per heavy atom. The Bertz CT molecular complexity index is 93.1. The monoisotopic (exact) mass is 178 g/mol. The van der Waals surface area contributed by atoms with E-state index < -0.39 is 6.10 Å². The second-order valence-corrected chi connectivity index (χ2v) is 2.72. The predicted molar refractivity (Wildman–Crippen MR) is 44.8 cm³/mol. The summed E-state index contributed by atoms with van der Waals surface area (Å²) in [6.07, 6.45) is 0.0895. The Labute approximate surface area is 72.8 Å². The van der Waals surface area contributed by atoms with Crippen molar-refractivity contribution in [1.82, 2.24) is 0 Å². The number of hydrogen-bond donors (Lipinski definition) is 3. The topological polar surface area (TPSA) is 69.9 Å². The van der Waals surface area contributed by atoms with Crippen LogP contribution in [0.1, 0.15) is 13.3 Å². The minimum atomic E-state index is -0.633. The van der Waals surface area contributed by atoms with Gasteiger partial charge in [0.15, 0.2) is 0 Å².